The molecule has 3 nitrogen and oxygen atoms in total. The third-order valence-electron chi connectivity index (χ3n) is 3.55. The van der Waals surface area contributed by atoms with E-state index in [4.69, 9.17) is 23.2 Å². The summed E-state index contributed by atoms with van der Waals surface area (Å²) in [6.45, 7) is 4.46. The Kier molecular flexibility index (Phi) is 5.91. The molecule has 0 saturated carbocycles. The van der Waals surface area contributed by atoms with Gasteiger partial charge in [-0.05, 0) is 43.7 Å². The van der Waals surface area contributed by atoms with Crippen LogP contribution in [0, 0.1) is 0 Å². The van der Waals surface area contributed by atoms with Crippen LogP contribution in [-0.2, 0) is 10.3 Å². The minimum absolute atomic E-state index is 0.0236. The van der Waals surface area contributed by atoms with E-state index in [-0.39, 0.29) is 5.91 Å². The number of nitrogens with one attached hydrogen (secondary N) is 2. The number of carbonyl (C=O) groups is 1. The monoisotopic (exact) mass is 350 g/mol. The summed E-state index contributed by atoms with van der Waals surface area (Å²) in [6.07, 6.45) is 0.389. The summed E-state index contributed by atoms with van der Waals surface area (Å²) in [5, 5.41) is 7.23. The minimum atomic E-state index is -0.516. The molecule has 0 bridgehead atoms. The van der Waals surface area contributed by atoms with Crippen molar-refractivity contribution in [2.45, 2.75) is 25.8 Å². The molecule has 2 rings (SSSR count). The number of hydrogen-bond donors (Lipinski definition) is 2. The Morgan fingerprint density at radius 2 is 1.74 bits per heavy atom. The van der Waals surface area contributed by atoms with E-state index in [0.29, 0.717) is 23.0 Å². The highest BCUT2D eigenvalue weighted by Crippen LogP contribution is 2.28. The second kappa shape index (κ2) is 7.71. The van der Waals surface area contributed by atoms with E-state index in [0.717, 1.165) is 11.3 Å². The van der Waals surface area contributed by atoms with E-state index in [1.54, 1.807) is 12.1 Å². The van der Waals surface area contributed by atoms with Gasteiger partial charge in [-0.25, -0.2) is 0 Å². The Morgan fingerprint density at radius 3 is 2.39 bits per heavy atom. The van der Waals surface area contributed by atoms with E-state index in [9.17, 15) is 4.79 Å². The Bertz CT molecular complexity index is 672. The van der Waals surface area contributed by atoms with E-state index in [1.807, 2.05) is 50.2 Å². The Labute approximate surface area is 147 Å². The molecular formula is C18H20Cl2N2O. The number of halogens is 2. The van der Waals surface area contributed by atoms with Crippen LogP contribution in [0.4, 0.5) is 5.69 Å². The molecular weight excluding hydrogens is 331 g/mol. The molecule has 0 aliphatic rings. The van der Waals surface area contributed by atoms with E-state index < -0.39 is 5.54 Å². The molecule has 0 radical (unpaired) electrons. The van der Waals surface area contributed by atoms with Gasteiger partial charge in [-0.1, -0.05) is 47.5 Å². The summed E-state index contributed by atoms with van der Waals surface area (Å²) in [7, 11) is 0. The zero-order valence-corrected chi connectivity index (χ0v) is 14.7. The van der Waals surface area contributed by atoms with Crippen LogP contribution < -0.4 is 10.6 Å². The largest absolute Gasteiger partial charge is 0.385 e. The van der Waals surface area contributed by atoms with Crippen LogP contribution in [0.1, 0.15) is 25.8 Å². The van der Waals surface area contributed by atoms with Gasteiger partial charge in [-0.15, -0.1) is 0 Å². The Hall–Kier alpha value is -1.71. The van der Waals surface area contributed by atoms with Crippen molar-refractivity contribution in [1.82, 2.24) is 5.32 Å². The van der Waals surface area contributed by atoms with Gasteiger partial charge >= 0.3 is 0 Å². The van der Waals surface area contributed by atoms with Crippen LogP contribution in [0.5, 0.6) is 0 Å². The second-order valence-electron chi connectivity index (χ2n) is 5.84. The summed E-state index contributed by atoms with van der Waals surface area (Å²) in [6, 6.07) is 15.2. The summed E-state index contributed by atoms with van der Waals surface area (Å²) in [4.78, 5) is 12.2. The fourth-order valence-electron chi connectivity index (χ4n) is 2.24. The van der Waals surface area contributed by atoms with Crippen molar-refractivity contribution in [3.63, 3.8) is 0 Å². The predicted octanol–water partition coefficient (Wildman–Crippen LogP) is 4.85. The number of amides is 1. The topological polar surface area (TPSA) is 41.1 Å². The van der Waals surface area contributed by atoms with Crippen LogP contribution in [0.2, 0.25) is 10.0 Å². The molecule has 2 N–H and O–H groups in total. The number of anilines is 1. The number of carbonyl (C=O) groups excluding carboxylic acids is 1. The van der Waals surface area contributed by atoms with E-state index >= 15 is 0 Å². The molecule has 0 saturated heterocycles. The summed E-state index contributed by atoms with van der Waals surface area (Å²) >= 11 is 12.0. The first-order valence-corrected chi connectivity index (χ1v) is 8.19. The lowest BCUT2D eigenvalue weighted by Gasteiger charge is -2.27. The molecule has 0 aliphatic heterocycles. The maximum Gasteiger partial charge on any atom is 0.222 e. The molecule has 0 fully saturated rings. The van der Waals surface area contributed by atoms with Crippen molar-refractivity contribution in [2.75, 3.05) is 11.9 Å². The van der Waals surface area contributed by atoms with Gasteiger partial charge in [0.05, 0.1) is 15.6 Å². The fraction of sp³-hybridized carbons (Fsp3) is 0.278. The number of para-hydroxylation sites is 1. The first-order valence-electron chi connectivity index (χ1n) is 7.44. The quantitative estimate of drug-likeness (QED) is 0.781. The van der Waals surface area contributed by atoms with Gasteiger partial charge in [0, 0.05) is 18.7 Å². The molecule has 0 aliphatic carbocycles. The van der Waals surface area contributed by atoms with Gasteiger partial charge in [-0.2, -0.15) is 0 Å². The van der Waals surface area contributed by atoms with Gasteiger partial charge in [0.25, 0.3) is 0 Å². The zero-order valence-electron chi connectivity index (χ0n) is 13.2. The molecule has 2 aromatic rings. The van der Waals surface area contributed by atoms with Crippen molar-refractivity contribution in [3.05, 3.63) is 64.1 Å². The van der Waals surface area contributed by atoms with Crippen molar-refractivity contribution in [2.24, 2.45) is 0 Å². The normalized spacial score (nSPS) is 11.1. The molecule has 0 aromatic heterocycles. The van der Waals surface area contributed by atoms with Crippen molar-refractivity contribution in [1.29, 1.82) is 0 Å². The second-order valence-corrected chi connectivity index (χ2v) is 6.66. The third-order valence-corrected chi connectivity index (χ3v) is 4.29. The molecule has 0 heterocycles. The minimum Gasteiger partial charge on any atom is -0.385 e. The fourth-order valence-corrected chi connectivity index (χ4v) is 2.54. The summed E-state index contributed by atoms with van der Waals surface area (Å²) in [5.74, 6) is -0.0236. The van der Waals surface area contributed by atoms with E-state index in [2.05, 4.69) is 10.6 Å². The van der Waals surface area contributed by atoms with Gasteiger partial charge in [0.2, 0.25) is 5.91 Å². The van der Waals surface area contributed by atoms with Crippen LogP contribution in [0.25, 0.3) is 0 Å². The van der Waals surface area contributed by atoms with Crippen LogP contribution in [-0.4, -0.2) is 12.5 Å². The molecule has 1 amide bonds. The highest BCUT2D eigenvalue weighted by Gasteiger charge is 2.23. The Balaban J connectivity index is 1.89. The summed E-state index contributed by atoms with van der Waals surface area (Å²) in [5.41, 5.74) is 1.40. The lowest BCUT2D eigenvalue weighted by Crippen LogP contribution is -2.41. The lowest BCUT2D eigenvalue weighted by atomic mass is 9.94. The summed E-state index contributed by atoms with van der Waals surface area (Å²) < 4.78 is 0. The number of hydrogen-bond acceptors (Lipinski definition) is 2. The van der Waals surface area contributed by atoms with Crippen LogP contribution in [0.3, 0.4) is 0 Å². The standard InChI is InChI=1S/C18H20Cl2N2O/c1-18(2,13-8-9-15(19)16(20)12-13)22-17(23)10-11-21-14-6-4-3-5-7-14/h3-9,12,21H,10-11H2,1-2H3,(H,22,23). The maximum absolute atomic E-state index is 12.2. The molecule has 0 atom stereocenters. The maximum atomic E-state index is 12.2. The van der Waals surface area contributed by atoms with Gasteiger partial charge in [0.1, 0.15) is 0 Å². The van der Waals surface area contributed by atoms with E-state index in [1.165, 1.54) is 0 Å². The van der Waals surface area contributed by atoms with Gasteiger partial charge in [-0.3, -0.25) is 4.79 Å². The molecule has 23 heavy (non-hydrogen) atoms. The van der Waals surface area contributed by atoms with Gasteiger partial charge < -0.3 is 10.6 Å². The first kappa shape index (κ1) is 17.6. The van der Waals surface area contributed by atoms with Crippen LogP contribution >= 0.6 is 23.2 Å². The average Bonchev–Trinajstić information content (AvgIpc) is 2.50. The van der Waals surface area contributed by atoms with Crippen molar-refractivity contribution in [3.8, 4) is 0 Å². The molecule has 5 heteroatoms. The highest BCUT2D eigenvalue weighted by atomic mass is 35.5. The van der Waals surface area contributed by atoms with Crippen LogP contribution in [0.15, 0.2) is 48.5 Å². The number of benzene rings is 2. The number of rotatable bonds is 6. The smallest absolute Gasteiger partial charge is 0.222 e. The molecule has 122 valence electrons. The Morgan fingerprint density at radius 1 is 1.04 bits per heavy atom. The van der Waals surface area contributed by atoms with Crippen molar-refractivity contribution < 1.29 is 4.79 Å². The molecule has 0 unspecified atom stereocenters. The van der Waals surface area contributed by atoms with Gasteiger partial charge in [0.15, 0.2) is 0 Å². The SMILES string of the molecule is CC(C)(NC(=O)CCNc1ccccc1)c1ccc(Cl)c(Cl)c1. The average molecular weight is 351 g/mol. The lowest BCUT2D eigenvalue weighted by molar-refractivity contribution is -0.122. The predicted molar refractivity (Wildman–Crippen MR) is 97.2 cm³/mol. The third kappa shape index (κ3) is 5.15. The van der Waals surface area contributed by atoms with Crippen molar-refractivity contribution >= 4 is 34.8 Å². The first-order chi connectivity index (χ1) is 10.9. The molecule has 0 spiro atoms. The highest BCUT2D eigenvalue weighted by molar-refractivity contribution is 6.42. The zero-order chi connectivity index (χ0) is 16.9. The molecule has 2 aromatic carbocycles.